The van der Waals surface area contributed by atoms with Crippen LogP contribution < -0.4 is 5.32 Å². The summed E-state index contributed by atoms with van der Waals surface area (Å²) >= 11 is 0. The molecule has 0 bridgehead atoms. The fourth-order valence-corrected chi connectivity index (χ4v) is 1.99. The van der Waals surface area contributed by atoms with Crippen molar-refractivity contribution in [2.75, 3.05) is 32.8 Å². The molecule has 2 N–H and O–H groups in total. The number of halogens is 2. The Balaban J connectivity index is 2.58. The standard InChI is InChI=1S/C14H22F2N2O/c1-3-18(4-2)8-7-17-14(10-19)12-6-5-11(15)9-13(12)16/h5-6,9,14,17,19H,3-4,7-8,10H2,1-2H3. The smallest absolute Gasteiger partial charge is 0.130 e. The van der Waals surface area contributed by atoms with E-state index in [1.807, 2.05) is 0 Å². The Morgan fingerprint density at radius 1 is 1.26 bits per heavy atom. The predicted molar refractivity (Wildman–Crippen MR) is 72.0 cm³/mol. The first-order chi connectivity index (χ1) is 9.12. The van der Waals surface area contributed by atoms with Crippen molar-refractivity contribution in [3.8, 4) is 0 Å². The van der Waals surface area contributed by atoms with Crippen molar-refractivity contribution in [1.82, 2.24) is 10.2 Å². The molecule has 0 radical (unpaired) electrons. The summed E-state index contributed by atoms with van der Waals surface area (Å²) in [6.07, 6.45) is 0. The van der Waals surface area contributed by atoms with Crippen LogP contribution in [0.2, 0.25) is 0 Å². The van der Waals surface area contributed by atoms with Crippen LogP contribution in [0.1, 0.15) is 25.5 Å². The van der Waals surface area contributed by atoms with Crippen LogP contribution >= 0.6 is 0 Å². The van der Waals surface area contributed by atoms with E-state index in [9.17, 15) is 13.9 Å². The van der Waals surface area contributed by atoms with Crippen LogP contribution in [0.4, 0.5) is 8.78 Å². The maximum Gasteiger partial charge on any atom is 0.130 e. The normalized spacial score (nSPS) is 12.9. The third kappa shape index (κ3) is 4.86. The Labute approximate surface area is 113 Å². The van der Waals surface area contributed by atoms with Crippen LogP contribution in [0.5, 0.6) is 0 Å². The molecular weight excluding hydrogens is 250 g/mol. The summed E-state index contributed by atoms with van der Waals surface area (Å²) in [7, 11) is 0. The van der Waals surface area contributed by atoms with Crippen LogP contribution in [0, 0.1) is 11.6 Å². The second-order valence-corrected chi connectivity index (χ2v) is 4.38. The zero-order valence-electron chi connectivity index (χ0n) is 11.5. The summed E-state index contributed by atoms with van der Waals surface area (Å²) < 4.78 is 26.4. The van der Waals surface area contributed by atoms with Gasteiger partial charge in [-0.2, -0.15) is 0 Å². The molecule has 5 heteroatoms. The number of hydrogen-bond acceptors (Lipinski definition) is 3. The van der Waals surface area contributed by atoms with Crippen molar-refractivity contribution < 1.29 is 13.9 Å². The molecule has 3 nitrogen and oxygen atoms in total. The van der Waals surface area contributed by atoms with Crippen LogP contribution in [0.3, 0.4) is 0 Å². The third-order valence-electron chi connectivity index (χ3n) is 3.23. The molecule has 0 saturated carbocycles. The molecule has 0 amide bonds. The van der Waals surface area contributed by atoms with E-state index in [4.69, 9.17) is 0 Å². The number of benzene rings is 1. The lowest BCUT2D eigenvalue weighted by Crippen LogP contribution is -2.35. The molecule has 1 unspecified atom stereocenters. The highest BCUT2D eigenvalue weighted by Gasteiger charge is 2.15. The first-order valence-corrected chi connectivity index (χ1v) is 6.63. The third-order valence-corrected chi connectivity index (χ3v) is 3.23. The number of nitrogens with zero attached hydrogens (tertiary/aromatic N) is 1. The van der Waals surface area contributed by atoms with Gasteiger partial charge in [-0.25, -0.2) is 8.78 Å². The molecule has 0 aliphatic rings. The largest absolute Gasteiger partial charge is 0.394 e. The molecule has 19 heavy (non-hydrogen) atoms. The van der Waals surface area contributed by atoms with Gasteiger partial charge in [0.05, 0.1) is 12.6 Å². The summed E-state index contributed by atoms with van der Waals surface area (Å²) in [5.74, 6) is -1.24. The minimum absolute atomic E-state index is 0.221. The number of rotatable bonds is 8. The van der Waals surface area contributed by atoms with Crippen molar-refractivity contribution in [3.63, 3.8) is 0 Å². The van der Waals surface area contributed by atoms with E-state index in [-0.39, 0.29) is 6.61 Å². The van der Waals surface area contributed by atoms with E-state index in [1.165, 1.54) is 12.1 Å². The maximum absolute atomic E-state index is 13.6. The van der Waals surface area contributed by atoms with Gasteiger partial charge in [0.25, 0.3) is 0 Å². The van der Waals surface area contributed by atoms with Gasteiger partial charge in [0, 0.05) is 24.7 Å². The highest BCUT2D eigenvalue weighted by Crippen LogP contribution is 2.17. The lowest BCUT2D eigenvalue weighted by atomic mass is 10.1. The average molecular weight is 272 g/mol. The number of aliphatic hydroxyl groups excluding tert-OH is 1. The number of likely N-dealkylation sites (N-methyl/N-ethyl adjacent to an activating group) is 1. The molecule has 1 aromatic rings. The van der Waals surface area contributed by atoms with Crippen molar-refractivity contribution in [2.24, 2.45) is 0 Å². The van der Waals surface area contributed by atoms with Gasteiger partial charge in [-0.3, -0.25) is 0 Å². The molecule has 108 valence electrons. The zero-order chi connectivity index (χ0) is 14.3. The Bertz CT molecular complexity index is 384. The van der Waals surface area contributed by atoms with E-state index in [0.29, 0.717) is 12.1 Å². The van der Waals surface area contributed by atoms with Gasteiger partial charge < -0.3 is 15.3 Å². The van der Waals surface area contributed by atoms with Gasteiger partial charge >= 0.3 is 0 Å². The highest BCUT2D eigenvalue weighted by atomic mass is 19.1. The molecule has 0 fully saturated rings. The number of hydrogen-bond donors (Lipinski definition) is 2. The number of aliphatic hydroxyl groups is 1. The summed E-state index contributed by atoms with van der Waals surface area (Å²) in [4.78, 5) is 2.22. The van der Waals surface area contributed by atoms with Gasteiger partial charge in [-0.05, 0) is 19.2 Å². The Morgan fingerprint density at radius 3 is 2.47 bits per heavy atom. The SMILES string of the molecule is CCN(CC)CCNC(CO)c1ccc(F)cc1F. The monoisotopic (exact) mass is 272 g/mol. The first-order valence-electron chi connectivity index (χ1n) is 6.63. The fourth-order valence-electron chi connectivity index (χ4n) is 1.99. The molecule has 0 spiro atoms. The first kappa shape index (κ1) is 16.0. The van der Waals surface area contributed by atoms with E-state index in [0.717, 1.165) is 25.7 Å². The topological polar surface area (TPSA) is 35.5 Å². The van der Waals surface area contributed by atoms with Gasteiger partial charge in [-0.15, -0.1) is 0 Å². The minimum atomic E-state index is -0.630. The van der Waals surface area contributed by atoms with Gasteiger partial charge in [0.1, 0.15) is 11.6 Å². The van der Waals surface area contributed by atoms with Gasteiger partial charge in [0.15, 0.2) is 0 Å². The lowest BCUT2D eigenvalue weighted by Gasteiger charge is -2.22. The summed E-state index contributed by atoms with van der Waals surface area (Å²) in [5, 5.41) is 12.4. The van der Waals surface area contributed by atoms with Crippen LogP contribution in [0.25, 0.3) is 0 Å². The minimum Gasteiger partial charge on any atom is -0.394 e. The summed E-state index contributed by atoms with van der Waals surface area (Å²) in [6.45, 7) is 7.30. The fraction of sp³-hybridized carbons (Fsp3) is 0.571. The zero-order valence-corrected chi connectivity index (χ0v) is 11.5. The van der Waals surface area contributed by atoms with Gasteiger partial charge in [0.2, 0.25) is 0 Å². The van der Waals surface area contributed by atoms with Crippen molar-refractivity contribution in [2.45, 2.75) is 19.9 Å². The van der Waals surface area contributed by atoms with Gasteiger partial charge in [-0.1, -0.05) is 19.9 Å². The van der Waals surface area contributed by atoms with Crippen molar-refractivity contribution in [3.05, 3.63) is 35.4 Å². The number of nitrogens with one attached hydrogen (secondary N) is 1. The molecule has 0 heterocycles. The molecule has 0 aliphatic heterocycles. The van der Waals surface area contributed by atoms with Crippen molar-refractivity contribution in [1.29, 1.82) is 0 Å². The van der Waals surface area contributed by atoms with E-state index >= 15 is 0 Å². The Kier molecular flexibility index (Phi) is 6.91. The van der Waals surface area contributed by atoms with Crippen LogP contribution in [0.15, 0.2) is 18.2 Å². The highest BCUT2D eigenvalue weighted by molar-refractivity contribution is 5.22. The quantitative estimate of drug-likeness (QED) is 0.759. The average Bonchev–Trinajstić information content (AvgIpc) is 2.40. The molecular formula is C14H22F2N2O. The van der Waals surface area contributed by atoms with Crippen LogP contribution in [-0.4, -0.2) is 42.8 Å². The summed E-state index contributed by atoms with van der Waals surface area (Å²) in [6, 6.07) is 2.91. The van der Waals surface area contributed by atoms with Crippen LogP contribution in [-0.2, 0) is 0 Å². The van der Waals surface area contributed by atoms with E-state index in [1.54, 1.807) is 0 Å². The molecule has 1 aromatic carbocycles. The van der Waals surface area contributed by atoms with E-state index < -0.39 is 17.7 Å². The van der Waals surface area contributed by atoms with Crippen molar-refractivity contribution >= 4 is 0 Å². The van der Waals surface area contributed by atoms with E-state index in [2.05, 4.69) is 24.1 Å². The summed E-state index contributed by atoms with van der Waals surface area (Å²) in [5.41, 5.74) is 0.295. The Morgan fingerprint density at radius 2 is 1.95 bits per heavy atom. The molecule has 1 atom stereocenters. The second-order valence-electron chi connectivity index (χ2n) is 4.38. The molecule has 1 rings (SSSR count). The maximum atomic E-state index is 13.6. The second kappa shape index (κ2) is 8.19. The molecule has 0 aromatic heterocycles. The molecule has 0 saturated heterocycles. The lowest BCUT2D eigenvalue weighted by molar-refractivity contribution is 0.230. The molecule has 0 aliphatic carbocycles. The Hall–Kier alpha value is -1.04. The predicted octanol–water partition coefficient (Wildman–Crippen LogP) is 1.93.